The molecule has 2 amide bonds. The van der Waals surface area contributed by atoms with Gasteiger partial charge in [-0.2, -0.15) is 0 Å². The molecular weight excluding hydrogens is 314 g/mol. The van der Waals surface area contributed by atoms with Crippen molar-refractivity contribution < 1.29 is 18.4 Å². The summed E-state index contributed by atoms with van der Waals surface area (Å²) in [4.78, 5) is 26.4. The highest BCUT2D eigenvalue weighted by Gasteiger charge is 2.35. The number of nitrogens with one attached hydrogen (secondary N) is 1. The van der Waals surface area contributed by atoms with Crippen molar-refractivity contribution in [3.8, 4) is 0 Å². The van der Waals surface area contributed by atoms with Crippen LogP contribution in [-0.4, -0.2) is 29.3 Å². The van der Waals surface area contributed by atoms with E-state index in [-0.39, 0.29) is 23.3 Å². The number of benzene rings is 1. The molecule has 1 aromatic carbocycles. The predicted molar refractivity (Wildman–Crippen MR) is 87.1 cm³/mol. The van der Waals surface area contributed by atoms with E-state index in [1.165, 1.54) is 12.1 Å². The van der Waals surface area contributed by atoms with Crippen molar-refractivity contribution >= 4 is 11.8 Å². The average Bonchev–Trinajstić information content (AvgIpc) is 3.01. The van der Waals surface area contributed by atoms with Crippen LogP contribution in [0.5, 0.6) is 0 Å². The lowest BCUT2D eigenvalue weighted by Gasteiger charge is -2.27. The molecule has 0 aromatic heterocycles. The monoisotopic (exact) mass is 338 g/mol. The zero-order chi connectivity index (χ0) is 17.9. The molecule has 0 unspecified atom stereocenters. The lowest BCUT2D eigenvalue weighted by Crippen LogP contribution is -2.48. The number of halogens is 2. The Kier molecular flexibility index (Phi) is 5.91. The smallest absolute Gasteiger partial charge is 0.243 e. The van der Waals surface area contributed by atoms with Gasteiger partial charge in [0.2, 0.25) is 11.8 Å². The number of hydrogen-bond donors (Lipinski definition) is 1. The molecule has 24 heavy (non-hydrogen) atoms. The molecule has 0 radical (unpaired) electrons. The lowest BCUT2D eigenvalue weighted by molar-refractivity contribution is -0.141. The Morgan fingerprint density at radius 1 is 1.33 bits per heavy atom. The molecule has 2 rings (SSSR count). The van der Waals surface area contributed by atoms with Crippen molar-refractivity contribution in [1.82, 2.24) is 10.2 Å². The van der Waals surface area contributed by atoms with E-state index in [2.05, 4.69) is 5.32 Å². The lowest BCUT2D eigenvalue weighted by atomic mass is 10.0. The number of amides is 2. The number of nitrogens with zero attached hydrogens (tertiary/aromatic N) is 1. The van der Waals surface area contributed by atoms with Crippen molar-refractivity contribution in [3.63, 3.8) is 0 Å². The number of hydrogen-bond acceptors (Lipinski definition) is 2. The zero-order valence-corrected chi connectivity index (χ0v) is 14.3. The van der Waals surface area contributed by atoms with E-state index in [0.29, 0.717) is 19.4 Å². The van der Waals surface area contributed by atoms with E-state index in [4.69, 9.17) is 0 Å². The van der Waals surface area contributed by atoms with Crippen LogP contribution >= 0.6 is 0 Å². The summed E-state index contributed by atoms with van der Waals surface area (Å²) in [5.74, 6) is -1.83. The standard InChI is InChI=1S/C18H24F2N2O2/c1-4-15(13-8-7-12(19)10-14(13)20)21-17(23)16-6-5-9-22(16)18(24)11(2)3/h7-8,10-11,15-16H,4-6,9H2,1-3H3,(H,21,23)/t15-,16+/m1/s1. The molecule has 0 spiro atoms. The molecule has 1 aromatic rings. The first-order valence-electron chi connectivity index (χ1n) is 8.41. The van der Waals surface area contributed by atoms with Gasteiger partial charge in [0.15, 0.2) is 0 Å². The minimum atomic E-state index is -0.677. The third kappa shape index (κ3) is 3.91. The molecule has 0 bridgehead atoms. The first-order valence-corrected chi connectivity index (χ1v) is 8.41. The molecule has 0 aliphatic carbocycles. The summed E-state index contributed by atoms with van der Waals surface area (Å²) in [7, 11) is 0. The second kappa shape index (κ2) is 7.73. The van der Waals surface area contributed by atoms with Gasteiger partial charge in [0.05, 0.1) is 6.04 Å². The Morgan fingerprint density at radius 3 is 2.62 bits per heavy atom. The molecule has 6 heteroatoms. The zero-order valence-electron chi connectivity index (χ0n) is 14.3. The Hall–Kier alpha value is -1.98. The molecule has 4 nitrogen and oxygen atoms in total. The Bertz CT molecular complexity index is 619. The van der Waals surface area contributed by atoms with Crippen LogP contribution in [0.2, 0.25) is 0 Å². The summed E-state index contributed by atoms with van der Waals surface area (Å²) >= 11 is 0. The summed E-state index contributed by atoms with van der Waals surface area (Å²) in [5.41, 5.74) is 0.256. The minimum Gasteiger partial charge on any atom is -0.347 e. The molecule has 1 N–H and O–H groups in total. The van der Waals surface area contributed by atoms with Crippen LogP contribution in [0.25, 0.3) is 0 Å². The maximum Gasteiger partial charge on any atom is 0.243 e. The fraction of sp³-hybridized carbons (Fsp3) is 0.556. The maximum atomic E-state index is 14.0. The summed E-state index contributed by atoms with van der Waals surface area (Å²) in [6.07, 6.45) is 1.85. The fourth-order valence-electron chi connectivity index (χ4n) is 3.09. The van der Waals surface area contributed by atoms with Crippen LogP contribution in [-0.2, 0) is 9.59 Å². The van der Waals surface area contributed by atoms with E-state index in [1.54, 1.807) is 18.7 Å². The van der Waals surface area contributed by atoms with Gasteiger partial charge < -0.3 is 10.2 Å². The van der Waals surface area contributed by atoms with Crippen LogP contribution in [0.3, 0.4) is 0 Å². The first kappa shape index (κ1) is 18.4. The molecule has 1 heterocycles. The molecule has 0 saturated carbocycles. The molecular formula is C18H24F2N2O2. The molecule has 1 aliphatic rings. The van der Waals surface area contributed by atoms with E-state index in [0.717, 1.165) is 12.5 Å². The van der Waals surface area contributed by atoms with E-state index >= 15 is 0 Å². The Morgan fingerprint density at radius 2 is 2.04 bits per heavy atom. The third-order valence-electron chi connectivity index (χ3n) is 4.40. The van der Waals surface area contributed by atoms with Crippen LogP contribution in [0.15, 0.2) is 18.2 Å². The molecule has 1 fully saturated rings. The number of carbonyl (C=O) groups is 2. The third-order valence-corrected chi connectivity index (χ3v) is 4.40. The van der Waals surface area contributed by atoms with Gasteiger partial charge in [-0.1, -0.05) is 26.8 Å². The summed E-state index contributed by atoms with van der Waals surface area (Å²) in [6, 6.07) is 2.28. The van der Waals surface area contributed by atoms with Crippen molar-refractivity contribution in [2.75, 3.05) is 6.54 Å². The largest absolute Gasteiger partial charge is 0.347 e. The van der Waals surface area contributed by atoms with Gasteiger partial charge in [0.25, 0.3) is 0 Å². The number of rotatable bonds is 5. The number of carbonyl (C=O) groups excluding carboxylic acids is 2. The molecule has 132 valence electrons. The van der Waals surface area contributed by atoms with Crippen LogP contribution in [0, 0.1) is 17.6 Å². The second-order valence-corrected chi connectivity index (χ2v) is 6.48. The highest BCUT2D eigenvalue weighted by atomic mass is 19.1. The minimum absolute atomic E-state index is 0.0475. The number of likely N-dealkylation sites (tertiary alicyclic amines) is 1. The normalized spacial score (nSPS) is 18.8. The van der Waals surface area contributed by atoms with Crippen molar-refractivity contribution in [2.24, 2.45) is 5.92 Å². The van der Waals surface area contributed by atoms with Gasteiger partial charge in [0.1, 0.15) is 17.7 Å². The van der Waals surface area contributed by atoms with Crippen molar-refractivity contribution in [3.05, 3.63) is 35.4 Å². The van der Waals surface area contributed by atoms with Gasteiger partial charge in [0, 0.05) is 24.1 Å². The summed E-state index contributed by atoms with van der Waals surface area (Å²) < 4.78 is 27.0. The SMILES string of the molecule is CC[C@@H](NC(=O)[C@@H]1CCCN1C(=O)C(C)C)c1ccc(F)cc1F. The summed E-state index contributed by atoms with van der Waals surface area (Å²) in [6.45, 7) is 5.99. The average molecular weight is 338 g/mol. The molecule has 2 atom stereocenters. The predicted octanol–water partition coefficient (Wildman–Crippen LogP) is 3.18. The second-order valence-electron chi connectivity index (χ2n) is 6.48. The van der Waals surface area contributed by atoms with Gasteiger partial charge in [-0.05, 0) is 25.3 Å². The highest BCUT2D eigenvalue weighted by molar-refractivity contribution is 5.89. The van der Waals surface area contributed by atoms with Crippen molar-refractivity contribution in [1.29, 1.82) is 0 Å². The van der Waals surface area contributed by atoms with Crippen LogP contribution < -0.4 is 5.32 Å². The fourth-order valence-corrected chi connectivity index (χ4v) is 3.09. The molecule has 1 aliphatic heterocycles. The quantitative estimate of drug-likeness (QED) is 0.896. The van der Waals surface area contributed by atoms with Crippen LogP contribution in [0.1, 0.15) is 51.6 Å². The van der Waals surface area contributed by atoms with Gasteiger partial charge in [-0.3, -0.25) is 9.59 Å². The van der Waals surface area contributed by atoms with Gasteiger partial charge >= 0.3 is 0 Å². The Balaban J connectivity index is 2.12. The maximum absolute atomic E-state index is 14.0. The highest BCUT2D eigenvalue weighted by Crippen LogP contribution is 2.24. The van der Waals surface area contributed by atoms with Gasteiger partial charge in [-0.15, -0.1) is 0 Å². The van der Waals surface area contributed by atoms with E-state index in [9.17, 15) is 18.4 Å². The summed E-state index contributed by atoms with van der Waals surface area (Å²) in [5, 5.41) is 2.81. The van der Waals surface area contributed by atoms with Gasteiger partial charge in [-0.25, -0.2) is 8.78 Å². The van der Waals surface area contributed by atoms with Crippen molar-refractivity contribution in [2.45, 2.75) is 52.1 Å². The topological polar surface area (TPSA) is 49.4 Å². The van der Waals surface area contributed by atoms with Crippen LogP contribution in [0.4, 0.5) is 8.78 Å². The molecule has 1 saturated heterocycles. The van der Waals surface area contributed by atoms with E-state index < -0.39 is 23.7 Å². The first-order chi connectivity index (χ1) is 11.3. The van der Waals surface area contributed by atoms with E-state index in [1.807, 2.05) is 6.92 Å². The Labute approximate surface area is 141 Å².